The molecule has 0 amide bonds. The standard InChI is InChI=1S/C16H23N2O2/c1-2-10-19-12-13-20-11-6-5-9-18-16-8-4-3-7-15(16)14-17-18/h3-4,8,14H,2,5-6,9-13H2,1H3. The molecule has 0 bridgehead atoms. The summed E-state index contributed by atoms with van der Waals surface area (Å²) < 4.78 is 12.9. The normalized spacial score (nSPS) is 11.2. The van der Waals surface area contributed by atoms with Crippen molar-refractivity contribution in [3.8, 4) is 0 Å². The Labute approximate surface area is 120 Å². The molecule has 0 N–H and O–H groups in total. The van der Waals surface area contributed by atoms with E-state index in [1.165, 1.54) is 0 Å². The van der Waals surface area contributed by atoms with E-state index in [9.17, 15) is 0 Å². The van der Waals surface area contributed by atoms with E-state index in [0.29, 0.717) is 13.2 Å². The minimum absolute atomic E-state index is 0.694. The summed E-state index contributed by atoms with van der Waals surface area (Å²) in [6, 6.07) is 9.19. The summed E-state index contributed by atoms with van der Waals surface area (Å²) in [5.41, 5.74) is 1.15. The molecule has 1 heterocycles. The summed E-state index contributed by atoms with van der Waals surface area (Å²) in [5, 5.41) is 5.47. The zero-order valence-corrected chi connectivity index (χ0v) is 12.2. The fourth-order valence-electron chi connectivity index (χ4n) is 2.07. The quantitative estimate of drug-likeness (QED) is 0.625. The molecule has 0 saturated carbocycles. The molecule has 0 aliphatic heterocycles. The maximum atomic E-state index is 5.53. The second-order valence-corrected chi connectivity index (χ2v) is 4.77. The lowest BCUT2D eigenvalue weighted by Crippen LogP contribution is -2.07. The van der Waals surface area contributed by atoms with Gasteiger partial charge in [0.1, 0.15) is 0 Å². The van der Waals surface area contributed by atoms with Gasteiger partial charge in [-0.2, -0.15) is 5.10 Å². The molecule has 0 fully saturated rings. The maximum Gasteiger partial charge on any atom is 0.0700 e. The average Bonchev–Trinajstić information content (AvgIpc) is 2.89. The molecule has 1 aromatic heterocycles. The predicted octanol–water partition coefficient (Wildman–Crippen LogP) is 3.06. The van der Waals surface area contributed by atoms with Gasteiger partial charge in [0.15, 0.2) is 0 Å². The van der Waals surface area contributed by atoms with Crippen LogP contribution in [-0.2, 0) is 16.0 Å². The van der Waals surface area contributed by atoms with Crippen molar-refractivity contribution in [1.82, 2.24) is 9.78 Å². The van der Waals surface area contributed by atoms with Crippen molar-refractivity contribution in [3.05, 3.63) is 30.5 Å². The van der Waals surface area contributed by atoms with Crippen molar-refractivity contribution in [2.24, 2.45) is 0 Å². The van der Waals surface area contributed by atoms with Gasteiger partial charge in [0.2, 0.25) is 0 Å². The van der Waals surface area contributed by atoms with Crippen LogP contribution in [0.5, 0.6) is 0 Å². The van der Waals surface area contributed by atoms with Crippen LogP contribution >= 0.6 is 0 Å². The largest absolute Gasteiger partial charge is 0.379 e. The first kappa shape index (κ1) is 15.0. The molecule has 0 saturated heterocycles. The van der Waals surface area contributed by atoms with Crippen LogP contribution in [0.1, 0.15) is 26.2 Å². The minimum Gasteiger partial charge on any atom is -0.379 e. The molecular weight excluding hydrogens is 252 g/mol. The van der Waals surface area contributed by atoms with E-state index < -0.39 is 0 Å². The highest BCUT2D eigenvalue weighted by molar-refractivity contribution is 5.77. The summed E-state index contributed by atoms with van der Waals surface area (Å²) in [7, 11) is 0. The number of unbranched alkanes of at least 4 members (excludes halogenated alkanes) is 1. The minimum atomic E-state index is 0.694. The lowest BCUT2D eigenvalue weighted by molar-refractivity contribution is 0.0464. The smallest absolute Gasteiger partial charge is 0.0700 e. The van der Waals surface area contributed by atoms with Gasteiger partial charge in [-0.15, -0.1) is 0 Å². The lowest BCUT2D eigenvalue weighted by Gasteiger charge is -2.06. The highest BCUT2D eigenvalue weighted by Gasteiger charge is 2.01. The Hall–Kier alpha value is -1.39. The second-order valence-electron chi connectivity index (χ2n) is 4.77. The second kappa shape index (κ2) is 8.72. The van der Waals surface area contributed by atoms with Gasteiger partial charge < -0.3 is 9.47 Å². The molecule has 109 valence electrons. The Morgan fingerprint density at radius 2 is 2.00 bits per heavy atom. The van der Waals surface area contributed by atoms with E-state index in [0.717, 1.165) is 49.9 Å². The van der Waals surface area contributed by atoms with Crippen LogP contribution < -0.4 is 0 Å². The zero-order valence-electron chi connectivity index (χ0n) is 12.2. The molecule has 1 radical (unpaired) electrons. The SMILES string of the molecule is CCCOCCOCCCCn1ncc2[c]cccc21. The number of hydrogen-bond acceptors (Lipinski definition) is 3. The monoisotopic (exact) mass is 275 g/mol. The number of rotatable bonds is 10. The van der Waals surface area contributed by atoms with Gasteiger partial charge in [-0.25, -0.2) is 0 Å². The van der Waals surface area contributed by atoms with Gasteiger partial charge in [-0.1, -0.05) is 19.1 Å². The number of fused-ring (bicyclic) bond motifs is 1. The molecule has 20 heavy (non-hydrogen) atoms. The zero-order chi connectivity index (χ0) is 14.0. The van der Waals surface area contributed by atoms with Crippen LogP contribution in [0.15, 0.2) is 24.4 Å². The Morgan fingerprint density at radius 1 is 1.15 bits per heavy atom. The third-order valence-corrected chi connectivity index (χ3v) is 3.10. The molecule has 0 atom stereocenters. The third kappa shape index (κ3) is 4.62. The first-order valence-corrected chi connectivity index (χ1v) is 7.39. The summed E-state index contributed by atoms with van der Waals surface area (Å²) in [5.74, 6) is 0. The van der Waals surface area contributed by atoms with Crippen LogP contribution in [-0.4, -0.2) is 36.2 Å². The average molecular weight is 275 g/mol. The van der Waals surface area contributed by atoms with E-state index >= 15 is 0 Å². The Balaban J connectivity index is 1.57. The van der Waals surface area contributed by atoms with E-state index in [2.05, 4.69) is 24.2 Å². The molecule has 0 unspecified atom stereocenters. The van der Waals surface area contributed by atoms with Crippen molar-refractivity contribution >= 4 is 10.9 Å². The van der Waals surface area contributed by atoms with Gasteiger partial charge in [0.05, 0.1) is 24.9 Å². The first-order chi connectivity index (χ1) is 9.92. The Kier molecular flexibility index (Phi) is 6.54. The van der Waals surface area contributed by atoms with E-state index in [1.54, 1.807) is 0 Å². The van der Waals surface area contributed by atoms with E-state index in [4.69, 9.17) is 9.47 Å². The van der Waals surface area contributed by atoms with E-state index in [1.807, 2.05) is 23.0 Å². The molecule has 4 nitrogen and oxygen atoms in total. The molecule has 1 aromatic carbocycles. The fourth-order valence-corrected chi connectivity index (χ4v) is 2.07. The maximum absolute atomic E-state index is 5.53. The summed E-state index contributed by atoms with van der Waals surface area (Å²) in [4.78, 5) is 0. The molecule has 0 aliphatic rings. The Bertz CT molecular complexity index is 496. The number of hydrogen-bond donors (Lipinski definition) is 0. The number of benzene rings is 1. The summed E-state index contributed by atoms with van der Waals surface area (Å²) in [6.07, 6.45) is 5.05. The molecular formula is C16H23N2O2. The number of aryl methyl sites for hydroxylation is 1. The van der Waals surface area contributed by atoms with Crippen molar-refractivity contribution in [3.63, 3.8) is 0 Å². The fraction of sp³-hybridized carbons (Fsp3) is 0.562. The Morgan fingerprint density at radius 3 is 2.85 bits per heavy atom. The van der Waals surface area contributed by atoms with Gasteiger partial charge in [-0.3, -0.25) is 4.68 Å². The highest BCUT2D eigenvalue weighted by atomic mass is 16.5. The van der Waals surface area contributed by atoms with Crippen LogP contribution in [0.25, 0.3) is 10.9 Å². The summed E-state index contributed by atoms with van der Waals surface area (Å²) >= 11 is 0. The van der Waals surface area contributed by atoms with Crippen molar-refractivity contribution in [1.29, 1.82) is 0 Å². The summed E-state index contributed by atoms with van der Waals surface area (Å²) in [6.45, 7) is 6.05. The topological polar surface area (TPSA) is 36.3 Å². The van der Waals surface area contributed by atoms with Crippen LogP contribution in [0, 0.1) is 6.07 Å². The number of aromatic nitrogens is 2. The molecule has 4 heteroatoms. The van der Waals surface area contributed by atoms with Crippen molar-refractivity contribution in [2.75, 3.05) is 26.4 Å². The number of nitrogens with zero attached hydrogens (tertiary/aromatic N) is 2. The van der Waals surface area contributed by atoms with Gasteiger partial charge in [0, 0.05) is 25.1 Å². The van der Waals surface area contributed by atoms with Gasteiger partial charge >= 0.3 is 0 Å². The molecule has 0 aliphatic carbocycles. The van der Waals surface area contributed by atoms with E-state index in [-0.39, 0.29) is 0 Å². The number of ether oxygens (including phenoxy) is 2. The molecule has 0 spiro atoms. The van der Waals surface area contributed by atoms with Crippen molar-refractivity contribution in [2.45, 2.75) is 32.7 Å². The predicted molar refractivity (Wildman–Crippen MR) is 79.7 cm³/mol. The van der Waals surface area contributed by atoms with Gasteiger partial charge in [-0.05, 0) is 31.4 Å². The molecule has 2 rings (SSSR count). The lowest BCUT2D eigenvalue weighted by atomic mass is 10.2. The van der Waals surface area contributed by atoms with Crippen molar-refractivity contribution < 1.29 is 9.47 Å². The first-order valence-electron chi connectivity index (χ1n) is 7.39. The van der Waals surface area contributed by atoms with Crippen LogP contribution in [0.2, 0.25) is 0 Å². The van der Waals surface area contributed by atoms with Crippen LogP contribution in [0.4, 0.5) is 0 Å². The van der Waals surface area contributed by atoms with Crippen LogP contribution in [0.3, 0.4) is 0 Å². The highest BCUT2D eigenvalue weighted by Crippen LogP contribution is 2.12. The third-order valence-electron chi connectivity index (χ3n) is 3.10. The van der Waals surface area contributed by atoms with Gasteiger partial charge in [0.25, 0.3) is 0 Å². The molecule has 2 aromatic rings.